The molecule has 0 radical (unpaired) electrons. The van der Waals surface area contributed by atoms with E-state index in [0.29, 0.717) is 15.9 Å². The fraction of sp³-hybridized carbons (Fsp3) is 0.125. The van der Waals surface area contributed by atoms with Crippen LogP contribution in [0.4, 0.5) is 5.69 Å². The van der Waals surface area contributed by atoms with E-state index >= 15 is 0 Å². The Bertz CT molecular complexity index is 839. The monoisotopic (exact) mass is 359 g/mol. The van der Waals surface area contributed by atoms with Gasteiger partial charge < -0.3 is 5.32 Å². The molecule has 6 nitrogen and oxygen atoms in total. The number of nitrogens with one attached hydrogen (secondary N) is 1. The zero-order chi connectivity index (χ0) is 16.9. The van der Waals surface area contributed by atoms with Gasteiger partial charge in [0.2, 0.25) is 11.1 Å². The van der Waals surface area contributed by atoms with Gasteiger partial charge in [-0.2, -0.15) is 4.68 Å². The predicted octanol–water partition coefficient (Wildman–Crippen LogP) is 3.44. The number of benzene rings is 2. The molecule has 0 bridgehead atoms. The second-order valence-corrected chi connectivity index (χ2v) is 6.65. The molecule has 0 fully saturated rings. The summed E-state index contributed by atoms with van der Waals surface area (Å²) in [6.07, 6.45) is 0. The highest BCUT2D eigenvalue weighted by Crippen LogP contribution is 2.25. The molecule has 0 spiro atoms. The smallest absolute Gasteiger partial charge is 0.237 e. The van der Waals surface area contributed by atoms with Crippen LogP contribution in [0.25, 0.3) is 5.69 Å². The Kier molecular flexibility index (Phi) is 5.12. The first-order valence-electron chi connectivity index (χ1n) is 7.21. The zero-order valence-corrected chi connectivity index (χ0v) is 14.3. The average Bonchev–Trinajstić information content (AvgIpc) is 3.05. The first-order valence-corrected chi connectivity index (χ1v) is 8.47. The number of amides is 1. The van der Waals surface area contributed by atoms with Crippen molar-refractivity contribution in [1.29, 1.82) is 0 Å². The van der Waals surface area contributed by atoms with E-state index in [-0.39, 0.29) is 5.91 Å². The first-order chi connectivity index (χ1) is 11.6. The molecule has 0 aliphatic carbocycles. The van der Waals surface area contributed by atoms with Crippen LogP contribution in [-0.4, -0.2) is 31.4 Å². The van der Waals surface area contributed by atoms with Gasteiger partial charge in [-0.05, 0) is 41.6 Å². The highest BCUT2D eigenvalue weighted by molar-refractivity contribution is 8.00. The van der Waals surface area contributed by atoms with Crippen LogP contribution in [0.5, 0.6) is 0 Å². The summed E-state index contributed by atoms with van der Waals surface area (Å²) in [5.41, 5.74) is 1.42. The molecule has 0 saturated carbocycles. The maximum absolute atomic E-state index is 12.4. The molecule has 122 valence electrons. The van der Waals surface area contributed by atoms with E-state index in [2.05, 4.69) is 20.8 Å². The van der Waals surface area contributed by atoms with E-state index in [0.717, 1.165) is 5.69 Å². The van der Waals surface area contributed by atoms with Crippen LogP contribution >= 0.6 is 23.4 Å². The number of halogens is 1. The lowest BCUT2D eigenvalue weighted by molar-refractivity contribution is -0.115. The third-order valence-corrected chi connectivity index (χ3v) is 4.59. The Morgan fingerprint density at radius 3 is 2.62 bits per heavy atom. The molecule has 0 aliphatic heterocycles. The number of hydrogen-bond donors (Lipinski definition) is 1. The van der Waals surface area contributed by atoms with Crippen molar-refractivity contribution in [2.75, 3.05) is 5.32 Å². The van der Waals surface area contributed by atoms with Gasteiger partial charge in [0.05, 0.1) is 21.6 Å². The summed E-state index contributed by atoms with van der Waals surface area (Å²) in [6, 6.07) is 16.6. The lowest BCUT2D eigenvalue weighted by atomic mass is 10.3. The SMILES string of the molecule is CC(Sc1nnnn1-c1ccccc1)C(=O)Nc1ccccc1Cl. The molecular formula is C16H14ClN5OS. The van der Waals surface area contributed by atoms with Crippen molar-refractivity contribution in [2.45, 2.75) is 17.3 Å². The van der Waals surface area contributed by atoms with Crippen LogP contribution in [-0.2, 0) is 4.79 Å². The van der Waals surface area contributed by atoms with Crippen molar-refractivity contribution in [3.8, 4) is 5.69 Å². The Labute approximate surface area is 148 Å². The Morgan fingerprint density at radius 1 is 1.17 bits per heavy atom. The van der Waals surface area contributed by atoms with Gasteiger partial charge in [0, 0.05) is 0 Å². The fourth-order valence-corrected chi connectivity index (χ4v) is 2.98. The summed E-state index contributed by atoms with van der Waals surface area (Å²) >= 11 is 7.34. The highest BCUT2D eigenvalue weighted by atomic mass is 35.5. The number of hydrogen-bond acceptors (Lipinski definition) is 5. The molecule has 3 rings (SSSR count). The Hall–Kier alpha value is -2.38. The van der Waals surface area contributed by atoms with Crippen LogP contribution < -0.4 is 5.32 Å². The maximum Gasteiger partial charge on any atom is 0.237 e. The van der Waals surface area contributed by atoms with Crippen LogP contribution in [0, 0.1) is 0 Å². The summed E-state index contributed by atoms with van der Waals surface area (Å²) in [4.78, 5) is 12.4. The molecule has 2 aromatic carbocycles. The van der Waals surface area contributed by atoms with E-state index in [1.807, 2.05) is 42.5 Å². The zero-order valence-electron chi connectivity index (χ0n) is 12.8. The summed E-state index contributed by atoms with van der Waals surface area (Å²) < 4.78 is 1.60. The van der Waals surface area contributed by atoms with Crippen LogP contribution in [0.1, 0.15) is 6.92 Å². The first kappa shape index (κ1) is 16.5. The third-order valence-electron chi connectivity index (χ3n) is 3.22. The van der Waals surface area contributed by atoms with E-state index in [4.69, 9.17) is 11.6 Å². The van der Waals surface area contributed by atoms with Gasteiger partial charge in [0.15, 0.2) is 0 Å². The number of carbonyl (C=O) groups is 1. The summed E-state index contributed by atoms with van der Waals surface area (Å²) in [5, 5.41) is 15.1. The van der Waals surface area contributed by atoms with Gasteiger partial charge in [-0.15, -0.1) is 5.10 Å². The summed E-state index contributed by atoms with van der Waals surface area (Å²) in [5.74, 6) is -0.171. The summed E-state index contributed by atoms with van der Waals surface area (Å²) in [7, 11) is 0. The Morgan fingerprint density at radius 2 is 1.88 bits per heavy atom. The van der Waals surface area contributed by atoms with Crippen molar-refractivity contribution in [3.05, 3.63) is 59.6 Å². The van der Waals surface area contributed by atoms with Crippen LogP contribution in [0.3, 0.4) is 0 Å². The lowest BCUT2D eigenvalue weighted by Crippen LogP contribution is -2.23. The quantitative estimate of drug-likeness (QED) is 0.706. The van der Waals surface area contributed by atoms with Crippen LogP contribution in [0.2, 0.25) is 5.02 Å². The standard InChI is InChI=1S/C16H14ClN5OS/c1-11(15(23)18-14-10-6-5-9-13(14)17)24-16-19-20-21-22(16)12-7-3-2-4-8-12/h2-11H,1H3,(H,18,23). The van der Waals surface area contributed by atoms with Crippen molar-refractivity contribution in [3.63, 3.8) is 0 Å². The van der Waals surface area contributed by atoms with Gasteiger partial charge >= 0.3 is 0 Å². The number of aromatic nitrogens is 4. The third kappa shape index (κ3) is 3.74. The molecule has 1 aromatic heterocycles. The molecule has 24 heavy (non-hydrogen) atoms. The number of carbonyl (C=O) groups excluding carboxylic acids is 1. The largest absolute Gasteiger partial charge is 0.324 e. The molecule has 8 heteroatoms. The number of tetrazole rings is 1. The number of rotatable bonds is 5. The average molecular weight is 360 g/mol. The molecule has 0 saturated heterocycles. The van der Waals surface area contributed by atoms with Gasteiger partial charge in [-0.1, -0.05) is 53.7 Å². The lowest BCUT2D eigenvalue weighted by Gasteiger charge is -2.12. The minimum atomic E-state index is -0.394. The number of para-hydroxylation sites is 2. The Balaban J connectivity index is 1.72. The van der Waals surface area contributed by atoms with Gasteiger partial charge in [-0.25, -0.2) is 0 Å². The number of thioether (sulfide) groups is 1. The molecule has 1 amide bonds. The van der Waals surface area contributed by atoms with Gasteiger partial charge in [0.1, 0.15) is 0 Å². The minimum absolute atomic E-state index is 0.171. The molecular weight excluding hydrogens is 346 g/mol. The van der Waals surface area contributed by atoms with Crippen molar-refractivity contribution in [2.24, 2.45) is 0 Å². The maximum atomic E-state index is 12.4. The number of nitrogens with zero attached hydrogens (tertiary/aromatic N) is 4. The molecule has 0 aliphatic rings. The molecule has 1 unspecified atom stereocenters. The second-order valence-electron chi connectivity index (χ2n) is 4.94. The molecule has 3 aromatic rings. The van der Waals surface area contributed by atoms with Gasteiger partial charge in [0.25, 0.3) is 0 Å². The van der Waals surface area contributed by atoms with E-state index in [9.17, 15) is 4.79 Å². The summed E-state index contributed by atoms with van der Waals surface area (Å²) in [6.45, 7) is 1.79. The second kappa shape index (κ2) is 7.46. The van der Waals surface area contributed by atoms with Crippen molar-refractivity contribution >= 4 is 35.0 Å². The van der Waals surface area contributed by atoms with Crippen molar-refractivity contribution < 1.29 is 4.79 Å². The fourth-order valence-electron chi connectivity index (χ4n) is 1.99. The normalized spacial score (nSPS) is 11.9. The molecule has 1 atom stereocenters. The van der Waals surface area contributed by atoms with Gasteiger partial charge in [-0.3, -0.25) is 4.79 Å². The predicted molar refractivity (Wildman–Crippen MR) is 94.6 cm³/mol. The molecule has 1 N–H and O–H groups in total. The van der Waals surface area contributed by atoms with Crippen LogP contribution in [0.15, 0.2) is 59.8 Å². The molecule has 1 heterocycles. The highest BCUT2D eigenvalue weighted by Gasteiger charge is 2.19. The van der Waals surface area contributed by atoms with E-state index in [1.165, 1.54) is 11.8 Å². The van der Waals surface area contributed by atoms with E-state index in [1.54, 1.807) is 23.7 Å². The topological polar surface area (TPSA) is 72.7 Å². The van der Waals surface area contributed by atoms with Crippen molar-refractivity contribution in [1.82, 2.24) is 20.2 Å². The van der Waals surface area contributed by atoms with E-state index < -0.39 is 5.25 Å². The minimum Gasteiger partial charge on any atom is -0.324 e. The number of anilines is 1.